The van der Waals surface area contributed by atoms with Crippen molar-refractivity contribution < 1.29 is 5.17 Å². The van der Waals surface area contributed by atoms with Gasteiger partial charge in [0.2, 0.25) is 0 Å². The maximum Gasteiger partial charge on any atom is 0.156 e. The minimum absolute atomic E-state index is 0.115. The van der Waals surface area contributed by atoms with Crippen molar-refractivity contribution in [3.63, 3.8) is 0 Å². The van der Waals surface area contributed by atoms with Crippen LogP contribution in [0.4, 0.5) is 0 Å². The van der Waals surface area contributed by atoms with E-state index in [1.807, 2.05) is 0 Å². The number of quaternary nitrogens is 1. The first-order chi connectivity index (χ1) is 8.74. The van der Waals surface area contributed by atoms with Crippen molar-refractivity contribution in [1.29, 1.82) is 0 Å². The van der Waals surface area contributed by atoms with Crippen molar-refractivity contribution >= 4 is 0 Å². The molecule has 3 unspecified atom stereocenters. The first-order valence-electron chi connectivity index (χ1n) is 7.53. The molecule has 5 heteroatoms. The van der Waals surface area contributed by atoms with Crippen molar-refractivity contribution in [3.8, 4) is 0 Å². The van der Waals surface area contributed by atoms with E-state index in [2.05, 4.69) is 17.7 Å². The molecule has 0 aromatic heterocycles. The quantitative estimate of drug-likeness (QED) is 0.361. The first kappa shape index (κ1) is 15.9. The Balaban J connectivity index is 1.91. The van der Waals surface area contributed by atoms with Crippen LogP contribution < -0.4 is 21.6 Å². The predicted molar refractivity (Wildman–Crippen MR) is 74.5 cm³/mol. The topological polar surface area (TPSA) is 77.6 Å². The minimum Gasteiger partial charge on any atom is -0.613 e. The zero-order valence-corrected chi connectivity index (χ0v) is 11.7. The molecular weight excluding hydrogens is 228 g/mol. The van der Waals surface area contributed by atoms with Gasteiger partial charge >= 0.3 is 0 Å². The molecule has 5 N–H and O–H groups in total. The predicted octanol–water partition coefficient (Wildman–Crippen LogP) is 0.619. The third-order valence-electron chi connectivity index (χ3n) is 3.66. The highest BCUT2D eigenvalue weighted by molar-refractivity contribution is 4.66. The highest BCUT2D eigenvalue weighted by atomic mass is 16.5. The number of hydrogen-bond donors (Lipinski definition) is 4. The third-order valence-corrected chi connectivity index (χ3v) is 3.66. The van der Waals surface area contributed by atoms with Crippen molar-refractivity contribution in [2.45, 2.75) is 77.0 Å². The van der Waals surface area contributed by atoms with Gasteiger partial charge in [-0.2, -0.15) is 0 Å². The van der Waals surface area contributed by atoms with E-state index < -0.39 is 0 Å². The molecule has 0 aliphatic carbocycles. The number of hydrogen-bond acceptors (Lipinski definition) is 4. The summed E-state index contributed by atoms with van der Waals surface area (Å²) in [5.41, 5.74) is 8.31. The third kappa shape index (κ3) is 6.66. The summed E-state index contributed by atoms with van der Waals surface area (Å²) in [5.74, 6) is 0. The summed E-state index contributed by atoms with van der Waals surface area (Å²) in [6.45, 7) is 2.97. The zero-order chi connectivity index (χ0) is 13.2. The molecule has 1 rings (SSSR count). The normalized spacial score (nSPS) is 28.5. The van der Waals surface area contributed by atoms with Crippen LogP contribution in [0.1, 0.15) is 64.7 Å². The van der Waals surface area contributed by atoms with Gasteiger partial charge in [0.05, 0.1) is 6.54 Å². The Morgan fingerprint density at radius 3 is 2.33 bits per heavy atom. The average Bonchev–Trinajstić information content (AvgIpc) is 2.35. The number of rotatable bonds is 9. The van der Waals surface area contributed by atoms with Crippen LogP contribution in [0.5, 0.6) is 0 Å². The van der Waals surface area contributed by atoms with Crippen molar-refractivity contribution in [1.82, 2.24) is 10.7 Å². The molecule has 1 aliphatic heterocycles. The summed E-state index contributed by atoms with van der Waals surface area (Å²) in [5, 5.41) is 14.8. The van der Waals surface area contributed by atoms with Gasteiger partial charge in [-0.1, -0.05) is 51.9 Å². The van der Waals surface area contributed by atoms with Gasteiger partial charge in [0.1, 0.15) is 6.04 Å². The summed E-state index contributed by atoms with van der Waals surface area (Å²) in [7, 11) is 0. The van der Waals surface area contributed by atoms with Crippen LogP contribution in [-0.4, -0.2) is 18.9 Å². The van der Waals surface area contributed by atoms with Gasteiger partial charge in [0.25, 0.3) is 0 Å². The van der Waals surface area contributed by atoms with Crippen LogP contribution in [0.15, 0.2) is 0 Å². The van der Waals surface area contributed by atoms with Crippen LogP contribution in [0.25, 0.3) is 0 Å². The Kier molecular flexibility index (Phi) is 8.54. The second kappa shape index (κ2) is 9.69. The molecule has 1 fully saturated rings. The second-order valence-electron chi connectivity index (χ2n) is 5.35. The van der Waals surface area contributed by atoms with E-state index in [-0.39, 0.29) is 17.5 Å². The van der Waals surface area contributed by atoms with Gasteiger partial charge in [-0.15, -0.1) is 5.43 Å². The molecule has 5 nitrogen and oxygen atoms in total. The van der Waals surface area contributed by atoms with Crippen molar-refractivity contribution in [2.75, 3.05) is 6.54 Å². The Bertz CT molecular complexity index is 203. The number of hydroxylamine groups is 1. The van der Waals surface area contributed by atoms with Crippen LogP contribution in [0, 0.1) is 5.21 Å². The first-order valence-corrected chi connectivity index (χ1v) is 7.53. The molecule has 1 heterocycles. The molecular formula is C13H30N4O. The lowest BCUT2D eigenvalue weighted by Gasteiger charge is -2.38. The lowest BCUT2D eigenvalue weighted by atomic mass is 10.0. The van der Waals surface area contributed by atoms with E-state index in [4.69, 9.17) is 5.73 Å². The van der Waals surface area contributed by atoms with Gasteiger partial charge in [-0.25, -0.2) is 0 Å². The second-order valence-corrected chi connectivity index (χ2v) is 5.35. The monoisotopic (exact) mass is 258 g/mol. The van der Waals surface area contributed by atoms with E-state index in [1.165, 1.54) is 44.9 Å². The maximum atomic E-state index is 11.6. The molecule has 0 radical (unpaired) electrons. The molecule has 0 aromatic carbocycles. The number of unbranched alkanes of at least 4 members (excludes halogenated alkanes) is 7. The standard InChI is InChI=1S/C13H30N4O/c1-2-3-4-5-6-7-8-9-10-12-11-15-13(14)16-17(12)18/h12-13,15-17H,2-11,14H2,1H3. The Morgan fingerprint density at radius 1 is 1.11 bits per heavy atom. The van der Waals surface area contributed by atoms with Gasteiger partial charge in [-0.3, -0.25) is 16.2 Å². The summed E-state index contributed by atoms with van der Waals surface area (Å²) in [6.07, 6.45) is 11.1. The molecule has 18 heavy (non-hydrogen) atoms. The van der Waals surface area contributed by atoms with E-state index in [0.29, 0.717) is 0 Å². The minimum atomic E-state index is -0.354. The fraction of sp³-hybridized carbons (Fsp3) is 1.00. The van der Waals surface area contributed by atoms with Crippen molar-refractivity contribution in [3.05, 3.63) is 5.21 Å². The fourth-order valence-electron chi connectivity index (χ4n) is 2.44. The van der Waals surface area contributed by atoms with Gasteiger partial charge < -0.3 is 5.21 Å². The smallest absolute Gasteiger partial charge is 0.156 e. The SMILES string of the molecule is CCCCCCCCCCC1CNC(N)N[NH+]1[O-]. The number of nitrogens with one attached hydrogen (secondary N) is 3. The largest absolute Gasteiger partial charge is 0.613 e. The Hall–Kier alpha value is -0.200. The highest BCUT2D eigenvalue weighted by Crippen LogP contribution is 2.10. The molecule has 3 atom stereocenters. The molecule has 0 amide bonds. The van der Waals surface area contributed by atoms with E-state index in [9.17, 15) is 5.21 Å². The summed E-state index contributed by atoms with van der Waals surface area (Å²) in [6, 6.07) is 0.116. The van der Waals surface area contributed by atoms with Crippen LogP contribution in [0.2, 0.25) is 0 Å². The van der Waals surface area contributed by atoms with Gasteiger partial charge in [0, 0.05) is 6.42 Å². The molecule has 0 saturated carbocycles. The molecule has 0 aromatic rings. The van der Waals surface area contributed by atoms with Crippen LogP contribution >= 0.6 is 0 Å². The molecule has 1 saturated heterocycles. The molecule has 108 valence electrons. The summed E-state index contributed by atoms with van der Waals surface area (Å²) in [4.78, 5) is 0. The highest BCUT2D eigenvalue weighted by Gasteiger charge is 2.23. The fourth-order valence-corrected chi connectivity index (χ4v) is 2.44. The van der Waals surface area contributed by atoms with Crippen LogP contribution in [0.3, 0.4) is 0 Å². The van der Waals surface area contributed by atoms with E-state index in [0.717, 1.165) is 19.4 Å². The Labute approximate surface area is 111 Å². The van der Waals surface area contributed by atoms with E-state index in [1.54, 1.807) is 0 Å². The van der Waals surface area contributed by atoms with Gasteiger partial charge in [0.15, 0.2) is 6.29 Å². The summed E-state index contributed by atoms with van der Waals surface area (Å²) >= 11 is 0. The average molecular weight is 258 g/mol. The van der Waals surface area contributed by atoms with Crippen molar-refractivity contribution in [2.24, 2.45) is 5.73 Å². The van der Waals surface area contributed by atoms with E-state index >= 15 is 0 Å². The summed E-state index contributed by atoms with van der Waals surface area (Å²) < 4.78 is 0. The lowest BCUT2D eigenvalue weighted by Crippen LogP contribution is -3.22. The number of nitrogens with two attached hydrogens (primary N) is 1. The van der Waals surface area contributed by atoms with Gasteiger partial charge in [-0.05, 0) is 6.42 Å². The Morgan fingerprint density at radius 2 is 1.72 bits per heavy atom. The molecule has 0 bridgehead atoms. The lowest BCUT2D eigenvalue weighted by molar-refractivity contribution is -0.930. The van der Waals surface area contributed by atoms with Crippen LogP contribution in [-0.2, 0) is 0 Å². The molecule has 1 aliphatic rings. The molecule has 0 spiro atoms. The maximum absolute atomic E-state index is 11.6. The zero-order valence-electron chi connectivity index (χ0n) is 11.7.